The number of aryl methyl sites for hydroxylation is 1. The van der Waals surface area contributed by atoms with E-state index >= 15 is 0 Å². The van der Waals surface area contributed by atoms with Crippen molar-refractivity contribution in [3.05, 3.63) is 41.7 Å². The number of hydrogen-bond acceptors (Lipinski definition) is 6. The molecule has 1 fully saturated rings. The maximum atomic E-state index is 12.6. The van der Waals surface area contributed by atoms with E-state index in [2.05, 4.69) is 15.2 Å². The van der Waals surface area contributed by atoms with Gasteiger partial charge >= 0.3 is 0 Å². The average Bonchev–Trinajstić information content (AvgIpc) is 3.01. The number of carbonyl (C=O) groups excluding carboxylic acids is 1. The van der Waals surface area contributed by atoms with Gasteiger partial charge in [0.25, 0.3) is 10.2 Å². The van der Waals surface area contributed by atoms with Gasteiger partial charge in [-0.2, -0.15) is 17.4 Å². The molecule has 1 saturated heterocycles. The summed E-state index contributed by atoms with van der Waals surface area (Å²) in [5, 5.41) is 6.30. The fourth-order valence-corrected chi connectivity index (χ4v) is 4.09. The Bertz CT molecular complexity index is 911. The Balaban J connectivity index is 1.85. The van der Waals surface area contributed by atoms with Gasteiger partial charge in [0.1, 0.15) is 17.6 Å². The van der Waals surface area contributed by atoms with Gasteiger partial charge in [-0.1, -0.05) is 17.3 Å². The van der Waals surface area contributed by atoms with Gasteiger partial charge in [-0.3, -0.25) is 4.79 Å². The fourth-order valence-electron chi connectivity index (χ4n) is 2.82. The third kappa shape index (κ3) is 3.71. The van der Waals surface area contributed by atoms with E-state index in [0.29, 0.717) is 11.5 Å². The summed E-state index contributed by atoms with van der Waals surface area (Å²) in [7, 11) is -0.922. The lowest BCUT2D eigenvalue weighted by molar-refractivity contribution is -0.120. The molecule has 0 saturated carbocycles. The summed E-state index contributed by atoms with van der Waals surface area (Å²) in [5.41, 5.74) is 0.719. The Labute approximate surface area is 151 Å². The van der Waals surface area contributed by atoms with Gasteiger partial charge in [-0.15, -0.1) is 0 Å². The Hall–Kier alpha value is -2.43. The van der Waals surface area contributed by atoms with E-state index < -0.39 is 28.2 Å². The summed E-state index contributed by atoms with van der Waals surface area (Å²) in [5.74, 6) is 0.925. The van der Waals surface area contributed by atoms with Gasteiger partial charge in [-0.05, 0) is 31.0 Å². The molecule has 2 N–H and O–H groups in total. The molecule has 2 heterocycles. The Morgan fingerprint density at radius 1 is 1.42 bits per heavy atom. The molecule has 140 valence electrons. The predicted molar refractivity (Wildman–Crippen MR) is 93.8 cm³/mol. The summed E-state index contributed by atoms with van der Waals surface area (Å²) in [6.45, 7) is 1.70. The Kier molecular flexibility index (Phi) is 4.99. The highest BCUT2D eigenvalue weighted by atomic mass is 32.2. The van der Waals surface area contributed by atoms with E-state index in [9.17, 15) is 13.2 Å². The molecule has 0 bridgehead atoms. The van der Waals surface area contributed by atoms with Crippen molar-refractivity contribution in [1.82, 2.24) is 14.2 Å². The van der Waals surface area contributed by atoms with E-state index in [1.165, 1.54) is 14.2 Å². The lowest BCUT2D eigenvalue weighted by atomic mass is 9.99. The highest BCUT2D eigenvalue weighted by Gasteiger charge is 2.40. The van der Waals surface area contributed by atoms with Crippen molar-refractivity contribution < 1.29 is 22.5 Å². The van der Waals surface area contributed by atoms with Crippen molar-refractivity contribution in [2.75, 3.05) is 19.5 Å². The van der Waals surface area contributed by atoms with Crippen molar-refractivity contribution >= 4 is 21.9 Å². The van der Waals surface area contributed by atoms with E-state index in [1.807, 2.05) is 0 Å². The maximum Gasteiger partial charge on any atom is 0.280 e. The number of benzene rings is 1. The SMILES string of the molecule is COc1cccc([C@H]2C[C@@H](C(=O)Nc3cc(C)on3)N(C)S(=O)(=O)N2)c1. The molecule has 1 aromatic heterocycles. The number of amides is 1. The second kappa shape index (κ2) is 7.06. The Morgan fingerprint density at radius 2 is 2.19 bits per heavy atom. The highest BCUT2D eigenvalue weighted by molar-refractivity contribution is 7.87. The third-order valence-corrected chi connectivity index (χ3v) is 5.84. The van der Waals surface area contributed by atoms with Crippen LogP contribution >= 0.6 is 0 Å². The zero-order valence-corrected chi connectivity index (χ0v) is 15.4. The number of anilines is 1. The van der Waals surface area contributed by atoms with Crippen LogP contribution in [0.5, 0.6) is 5.75 Å². The topological polar surface area (TPSA) is 114 Å². The van der Waals surface area contributed by atoms with Crippen LogP contribution in [0.2, 0.25) is 0 Å². The highest BCUT2D eigenvalue weighted by Crippen LogP contribution is 2.30. The number of likely N-dealkylation sites (N-methyl/N-ethyl adjacent to an activating group) is 1. The van der Waals surface area contributed by atoms with Crippen molar-refractivity contribution in [2.45, 2.75) is 25.4 Å². The van der Waals surface area contributed by atoms with Crippen LogP contribution in [0.15, 0.2) is 34.9 Å². The van der Waals surface area contributed by atoms with Gasteiger partial charge < -0.3 is 14.6 Å². The van der Waals surface area contributed by atoms with E-state index in [0.717, 1.165) is 9.87 Å². The molecule has 3 rings (SSSR count). The summed E-state index contributed by atoms with van der Waals surface area (Å²) in [6.07, 6.45) is 0.256. The number of ether oxygens (including phenoxy) is 1. The first-order chi connectivity index (χ1) is 12.3. The number of rotatable bonds is 4. The molecule has 0 spiro atoms. The second-order valence-electron chi connectivity index (χ2n) is 6.03. The van der Waals surface area contributed by atoms with Crippen LogP contribution in [0.1, 0.15) is 23.8 Å². The maximum absolute atomic E-state index is 12.6. The molecule has 26 heavy (non-hydrogen) atoms. The molecule has 1 aliphatic rings. The van der Waals surface area contributed by atoms with Crippen molar-refractivity contribution in [1.29, 1.82) is 0 Å². The Morgan fingerprint density at radius 3 is 2.85 bits per heavy atom. The third-order valence-electron chi connectivity index (χ3n) is 4.25. The number of aromatic nitrogens is 1. The van der Waals surface area contributed by atoms with Crippen LogP contribution in [0.4, 0.5) is 5.82 Å². The van der Waals surface area contributed by atoms with Gasteiger partial charge in [0.15, 0.2) is 5.82 Å². The number of nitrogens with zero attached hydrogens (tertiary/aromatic N) is 2. The van der Waals surface area contributed by atoms with Crippen LogP contribution in [-0.2, 0) is 15.0 Å². The molecule has 2 aromatic rings. The molecular formula is C16H20N4O5S. The molecule has 1 aromatic carbocycles. The molecule has 0 aliphatic carbocycles. The minimum Gasteiger partial charge on any atom is -0.497 e. The predicted octanol–water partition coefficient (Wildman–Crippen LogP) is 1.21. The molecule has 0 radical (unpaired) electrons. The molecule has 10 heteroatoms. The first-order valence-corrected chi connectivity index (χ1v) is 9.37. The van der Waals surface area contributed by atoms with Crippen LogP contribution in [0.25, 0.3) is 0 Å². The largest absolute Gasteiger partial charge is 0.497 e. The smallest absolute Gasteiger partial charge is 0.280 e. The summed E-state index contributed by atoms with van der Waals surface area (Å²) in [4.78, 5) is 12.6. The molecular weight excluding hydrogens is 360 g/mol. The lowest BCUT2D eigenvalue weighted by Crippen LogP contribution is -2.55. The summed E-state index contributed by atoms with van der Waals surface area (Å²) >= 11 is 0. The summed E-state index contributed by atoms with van der Waals surface area (Å²) < 4.78 is 38.6. The minimum atomic E-state index is -3.82. The van der Waals surface area contributed by atoms with E-state index in [4.69, 9.17) is 9.26 Å². The van der Waals surface area contributed by atoms with Gasteiger partial charge in [0.2, 0.25) is 5.91 Å². The fraction of sp³-hybridized carbons (Fsp3) is 0.375. The normalized spacial score (nSPS) is 22.7. The first kappa shape index (κ1) is 18.4. The number of methoxy groups -OCH3 is 1. The molecule has 9 nitrogen and oxygen atoms in total. The minimum absolute atomic E-state index is 0.245. The van der Waals surface area contributed by atoms with Crippen LogP contribution in [0.3, 0.4) is 0 Å². The van der Waals surface area contributed by atoms with E-state index in [-0.39, 0.29) is 12.2 Å². The zero-order chi connectivity index (χ0) is 18.9. The zero-order valence-electron chi connectivity index (χ0n) is 14.6. The number of hydrogen-bond donors (Lipinski definition) is 2. The molecule has 2 atom stereocenters. The van der Waals surface area contributed by atoms with Gasteiger partial charge in [-0.25, -0.2) is 0 Å². The first-order valence-electron chi connectivity index (χ1n) is 7.93. The molecule has 1 amide bonds. The number of carbonyl (C=O) groups is 1. The lowest BCUT2D eigenvalue weighted by Gasteiger charge is -2.36. The van der Waals surface area contributed by atoms with E-state index in [1.54, 1.807) is 37.3 Å². The number of nitrogens with one attached hydrogen (secondary N) is 2. The second-order valence-corrected chi connectivity index (χ2v) is 7.79. The van der Waals surface area contributed by atoms with Crippen LogP contribution in [-0.4, -0.2) is 44.0 Å². The molecule has 0 unspecified atom stereocenters. The van der Waals surface area contributed by atoms with Crippen LogP contribution in [0, 0.1) is 6.92 Å². The van der Waals surface area contributed by atoms with Gasteiger partial charge in [0, 0.05) is 13.1 Å². The van der Waals surface area contributed by atoms with Crippen molar-refractivity contribution in [3.8, 4) is 5.75 Å². The van der Waals surface area contributed by atoms with Crippen molar-refractivity contribution in [2.24, 2.45) is 0 Å². The summed E-state index contributed by atoms with van der Waals surface area (Å²) in [6, 6.07) is 7.19. The average molecular weight is 380 g/mol. The monoisotopic (exact) mass is 380 g/mol. The molecule has 1 aliphatic heterocycles. The standard InChI is InChI=1S/C16H20N4O5S/c1-10-7-15(18-25-10)17-16(21)14-9-13(19-26(22,23)20(14)2)11-5-4-6-12(8-11)24-3/h4-8,13-14,19H,9H2,1-3H3,(H,17,18,21)/t13-,14+/m1/s1. The quantitative estimate of drug-likeness (QED) is 0.824. The van der Waals surface area contributed by atoms with Crippen LogP contribution < -0.4 is 14.8 Å². The van der Waals surface area contributed by atoms with Crippen molar-refractivity contribution in [3.63, 3.8) is 0 Å². The van der Waals surface area contributed by atoms with Gasteiger partial charge in [0.05, 0.1) is 13.2 Å².